The first kappa shape index (κ1) is 20.8. The molecule has 150 valence electrons. The van der Waals surface area contributed by atoms with E-state index >= 15 is 0 Å². The summed E-state index contributed by atoms with van der Waals surface area (Å²) in [5, 5.41) is 9.36. The van der Waals surface area contributed by atoms with Crippen molar-refractivity contribution in [3.63, 3.8) is 0 Å². The lowest BCUT2D eigenvalue weighted by molar-refractivity contribution is -0.139. The minimum Gasteiger partial charge on any atom is -0.489 e. The first-order valence-electron chi connectivity index (χ1n) is 9.53. The summed E-state index contributed by atoms with van der Waals surface area (Å²) in [6, 6.07) is 17.4. The van der Waals surface area contributed by atoms with Crippen LogP contribution in [0.25, 0.3) is 6.08 Å². The number of nitriles is 1. The fourth-order valence-corrected chi connectivity index (χ4v) is 3.10. The summed E-state index contributed by atoms with van der Waals surface area (Å²) in [7, 11) is 0. The van der Waals surface area contributed by atoms with Gasteiger partial charge in [-0.15, -0.1) is 6.58 Å². The van der Waals surface area contributed by atoms with Crippen molar-refractivity contribution >= 4 is 17.9 Å². The van der Waals surface area contributed by atoms with E-state index in [9.17, 15) is 14.9 Å². The third-order valence-electron chi connectivity index (χ3n) is 4.85. The molecule has 0 aromatic heterocycles. The Bertz CT molecular complexity index is 1080. The highest BCUT2D eigenvalue weighted by Gasteiger charge is 2.34. The van der Waals surface area contributed by atoms with E-state index in [4.69, 9.17) is 4.74 Å². The highest BCUT2D eigenvalue weighted by Crippen LogP contribution is 2.27. The zero-order valence-electron chi connectivity index (χ0n) is 17.0. The molecule has 0 radical (unpaired) electrons. The number of rotatable bonds is 6. The van der Waals surface area contributed by atoms with Gasteiger partial charge in [-0.2, -0.15) is 5.26 Å². The Morgan fingerprint density at radius 1 is 1.03 bits per heavy atom. The zero-order valence-corrected chi connectivity index (χ0v) is 17.0. The van der Waals surface area contributed by atoms with Gasteiger partial charge in [-0.25, -0.2) is 0 Å². The van der Waals surface area contributed by atoms with E-state index in [0.29, 0.717) is 23.5 Å². The minimum atomic E-state index is -0.586. The average Bonchev–Trinajstić information content (AvgIpc) is 2.75. The predicted molar refractivity (Wildman–Crippen MR) is 115 cm³/mol. The number of carbonyl (C=O) groups is 2. The number of imide groups is 1. The molecule has 0 aliphatic carbocycles. The number of aryl methyl sites for hydroxylation is 1. The molecule has 0 saturated carbocycles. The molecule has 1 aliphatic rings. The molecule has 0 bridgehead atoms. The van der Waals surface area contributed by atoms with E-state index in [-0.39, 0.29) is 12.1 Å². The minimum absolute atomic E-state index is 0.0271. The molecule has 2 aromatic rings. The van der Waals surface area contributed by atoms with Gasteiger partial charge in [0.2, 0.25) is 0 Å². The number of carbonyl (C=O) groups excluding carboxylic acids is 2. The normalized spacial score (nSPS) is 15.4. The molecule has 0 fully saturated rings. The van der Waals surface area contributed by atoms with Gasteiger partial charge < -0.3 is 4.74 Å². The number of hydrogen-bond acceptors (Lipinski definition) is 4. The van der Waals surface area contributed by atoms with Crippen LogP contribution in [0.1, 0.15) is 23.6 Å². The molecule has 0 N–H and O–H groups in total. The van der Waals surface area contributed by atoms with E-state index in [1.165, 1.54) is 11.6 Å². The van der Waals surface area contributed by atoms with E-state index in [2.05, 4.69) is 6.58 Å². The largest absolute Gasteiger partial charge is 0.489 e. The Morgan fingerprint density at radius 3 is 2.30 bits per heavy atom. The number of amides is 2. The molecule has 2 aromatic carbocycles. The highest BCUT2D eigenvalue weighted by atomic mass is 16.5. The van der Waals surface area contributed by atoms with Gasteiger partial charge in [0.1, 0.15) is 24.0 Å². The van der Waals surface area contributed by atoms with Crippen molar-refractivity contribution in [3.05, 3.63) is 94.6 Å². The van der Waals surface area contributed by atoms with Crippen LogP contribution in [-0.2, 0) is 16.2 Å². The number of hydrogen-bond donors (Lipinski definition) is 0. The quantitative estimate of drug-likeness (QED) is 0.412. The summed E-state index contributed by atoms with van der Waals surface area (Å²) in [4.78, 5) is 26.2. The lowest BCUT2D eigenvalue weighted by atomic mass is 9.93. The molecule has 3 rings (SSSR count). The van der Waals surface area contributed by atoms with Gasteiger partial charge in [0.25, 0.3) is 11.8 Å². The van der Waals surface area contributed by atoms with Gasteiger partial charge in [0, 0.05) is 12.1 Å². The van der Waals surface area contributed by atoms with Crippen molar-refractivity contribution in [2.24, 2.45) is 0 Å². The van der Waals surface area contributed by atoms with Crippen LogP contribution in [0.2, 0.25) is 0 Å². The summed E-state index contributed by atoms with van der Waals surface area (Å²) in [6.07, 6.45) is 3.14. The van der Waals surface area contributed by atoms with Gasteiger partial charge in [-0.1, -0.05) is 48.0 Å². The number of benzene rings is 2. The van der Waals surface area contributed by atoms with Gasteiger partial charge in [-0.05, 0) is 48.8 Å². The van der Waals surface area contributed by atoms with E-state index in [1.54, 1.807) is 13.0 Å². The van der Waals surface area contributed by atoms with Gasteiger partial charge in [-0.3, -0.25) is 14.5 Å². The summed E-state index contributed by atoms with van der Waals surface area (Å²) >= 11 is 0. The van der Waals surface area contributed by atoms with Gasteiger partial charge in [0.15, 0.2) is 0 Å². The standard InChI is InChI=1S/C25H22N2O3/c1-4-13-27-24(28)22(18(3)23(15-26)25(27)29)14-19-9-11-21(12-10-19)30-16-20-7-5-17(2)6-8-20/h4-12,14H,1,13,16H2,2-3H3/b22-14+. The maximum Gasteiger partial charge on any atom is 0.271 e. The van der Waals surface area contributed by atoms with Crippen LogP contribution in [0.5, 0.6) is 5.75 Å². The molecular weight excluding hydrogens is 376 g/mol. The van der Waals surface area contributed by atoms with Crippen LogP contribution in [0, 0.1) is 18.3 Å². The second-order valence-electron chi connectivity index (χ2n) is 7.02. The Kier molecular flexibility index (Phi) is 6.29. The van der Waals surface area contributed by atoms with E-state index in [0.717, 1.165) is 16.0 Å². The van der Waals surface area contributed by atoms with Crippen LogP contribution in [-0.4, -0.2) is 23.3 Å². The SMILES string of the molecule is C=CCN1C(=O)C(C#N)=C(C)/C(=C\c2ccc(OCc3ccc(C)cc3)cc2)C1=O. The Balaban J connectivity index is 1.81. The van der Waals surface area contributed by atoms with Crippen molar-refractivity contribution in [1.29, 1.82) is 5.26 Å². The van der Waals surface area contributed by atoms with Crippen molar-refractivity contribution in [1.82, 2.24) is 4.90 Å². The van der Waals surface area contributed by atoms with Crippen LogP contribution in [0.4, 0.5) is 0 Å². The average molecular weight is 398 g/mol. The smallest absolute Gasteiger partial charge is 0.271 e. The Morgan fingerprint density at radius 2 is 1.70 bits per heavy atom. The molecule has 5 nitrogen and oxygen atoms in total. The second-order valence-corrected chi connectivity index (χ2v) is 7.02. The zero-order chi connectivity index (χ0) is 21.7. The fourth-order valence-electron chi connectivity index (χ4n) is 3.10. The second kappa shape index (κ2) is 9.06. The lowest BCUT2D eigenvalue weighted by Crippen LogP contribution is -2.42. The maximum atomic E-state index is 12.8. The van der Waals surface area contributed by atoms with Gasteiger partial charge in [0.05, 0.1) is 0 Å². The van der Waals surface area contributed by atoms with Crippen LogP contribution in [0.15, 0.2) is 77.9 Å². The van der Waals surface area contributed by atoms with Crippen molar-refractivity contribution in [2.75, 3.05) is 6.54 Å². The van der Waals surface area contributed by atoms with Crippen LogP contribution in [0.3, 0.4) is 0 Å². The molecule has 1 heterocycles. The Labute approximate surface area is 176 Å². The molecule has 5 heteroatoms. The molecule has 0 spiro atoms. The Hall–Kier alpha value is -3.91. The van der Waals surface area contributed by atoms with E-state index in [1.807, 2.05) is 61.5 Å². The third kappa shape index (κ3) is 4.39. The van der Waals surface area contributed by atoms with Crippen LogP contribution < -0.4 is 4.74 Å². The molecule has 0 saturated heterocycles. The molecule has 30 heavy (non-hydrogen) atoms. The van der Waals surface area contributed by atoms with Crippen molar-refractivity contribution in [2.45, 2.75) is 20.5 Å². The summed E-state index contributed by atoms with van der Waals surface area (Å²) in [5.74, 6) is -0.311. The maximum absolute atomic E-state index is 12.8. The topological polar surface area (TPSA) is 70.4 Å². The summed E-state index contributed by atoms with van der Waals surface area (Å²) in [6.45, 7) is 7.75. The van der Waals surface area contributed by atoms with Crippen molar-refractivity contribution < 1.29 is 14.3 Å². The third-order valence-corrected chi connectivity index (χ3v) is 4.85. The molecule has 1 aliphatic heterocycles. The summed E-state index contributed by atoms with van der Waals surface area (Å²) in [5.41, 5.74) is 3.72. The first-order valence-corrected chi connectivity index (χ1v) is 9.53. The molecule has 0 unspecified atom stereocenters. The highest BCUT2D eigenvalue weighted by molar-refractivity contribution is 6.19. The molecule has 0 atom stereocenters. The molecule has 2 amide bonds. The fraction of sp³-hybridized carbons (Fsp3) is 0.160. The number of ether oxygens (including phenoxy) is 1. The van der Waals surface area contributed by atoms with Crippen molar-refractivity contribution in [3.8, 4) is 11.8 Å². The lowest BCUT2D eigenvalue weighted by Gasteiger charge is -2.26. The number of nitrogens with zero attached hydrogens (tertiary/aromatic N) is 2. The van der Waals surface area contributed by atoms with Crippen LogP contribution >= 0.6 is 0 Å². The van der Waals surface area contributed by atoms with E-state index < -0.39 is 11.8 Å². The van der Waals surface area contributed by atoms with Gasteiger partial charge >= 0.3 is 0 Å². The molecular formula is C25H22N2O3. The summed E-state index contributed by atoms with van der Waals surface area (Å²) < 4.78 is 5.81. The first-order chi connectivity index (χ1) is 14.4. The predicted octanol–water partition coefficient (Wildman–Crippen LogP) is 4.35. The monoisotopic (exact) mass is 398 g/mol.